The molecule has 2 rings (SSSR count). The van der Waals surface area contributed by atoms with E-state index < -0.39 is 0 Å². The van der Waals surface area contributed by atoms with Crippen molar-refractivity contribution in [3.63, 3.8) is 0 Å². The third-order valence-electron chi connectivity index (χ3n) is 2.92. The van der Waals surface area contributed by atoms with Gasteiger partial charge in [0, 0.05) is 44.3 Å². The van der Waals surface area contributed by atoms with Gasteiger partial charge in [-0.05, 0) is 24.5 Å². The summed E-state index contributed by atoms with van der Waals surface area (Å²) in [6, 6.07) is 2.12. The molecule has 0 amide bonds. The van der Waals surface area contributed by atoms with Gasteiger partial charge in [0.15, 0.2) is 0 Å². The molecule has 2 aromatic rings. The summed E-state index contributed by atoms with van der Waals surface area (Å²) >= 11 is 0. The molecule has 2 aromatic heterocycles. The first-order chi connectivity index (χ1) is 8.16. The molecule has 4 nitrogen and oxygen atoms in total. The Morgan fingerprint density at radius 1 is 1.41 bits per heavy atom. The molecule has 0 aliphatic heterocycles. The predicted octanol–water partition coefficient (Wildman–Crippen LogP) is 1.76. The Bertz CT molecular complexity index is 490. The number of aryl methyl sites for hydroxylation is 3. The van der Waals surface area contributed by atoms with E-state index in [4.69, 9.17) is 5.73 Å². The van der Waals surface area contributed by atoms with Crippen molar-refractivity contribution in [3.05, 3.63) is 47.8 Å². The minimum Gasteiger partial charge on any atom is -0.338 e. The van der Waals surface area contributed by atoms with Crippen LogP contribution in [0.1, 0.15) is 29.4 Å². The number of imidazole rings is 1. The monoisotopic (exact) mass is 230 g/mol. The first-order valence-electron chi connectivity index (χ1n) is 5.80. The molecule has 0 saturated carbocycles. The molecule has 0 fully saturated rings. The van der Waals surface area contributed by atoms with Crippen LogP contribution in [0.15, 0.2) is 30.9 Å². The molecule has 0 bridgehead atoms. The maximum Gasteiger partial charge on any atom is 0.108 e. The molecular formula is C13H18N4. The Hall–Kier alpha value is -1.68. The summed E-state index contributed by atoms with van der Waals surface area (Å²) in [5.74, 6) is 1.07. The second-order valence-electron chi connectivity index (χ2n) is 4.40. The van der Waals surface area contributed by atoms with E-state index in [0.29, 0.717) is 0 Å². The van der Waals surface area contributed by atoms with Crippen LogP contribution in [0.2, 0.25) is 0 Å². The van der Waals surface area contributed by atoms with Gasteiger partial charge in [-0.3, -0.25) is 4.98 Å². The van der Waals surface area contributed by atoms with E-state index >= 15 is 0 Å². The van der Waals surface area contributed by atoms with E-state index in [1.54, 1.807) is 0 Å². The van der Waals surface area contributed by atoms with Gasteiger partial charge >= 0.3 is 0 Å². The quantitative estimate of drug-likeness (QED) is 0.870. The van der Waals surface area contributed by atoms with Gasteiger partial charge in [0.2, 0.25) is 0 Å². The SMILES string of the molecule is Cc1cncc(C(N)CCc2nccn2C)c1. The molecule has 1 unspecified atom stereocenters. The Morgan fingerprint density at radius 2 is 2.24 bits per heavy atom. The number of hydrogen-bond donors (Lipinski definition) is 1. The third-order valence-corrected chi connectivity index (χ3v) is 2.92. The first-order valence-corrected chi connectivity index (χ1v) is 5.80. The second kappa shape index (κ2) is 5.10. The zero-order valence-electron chi connectivity index (χ0n) is 10.3. The van der Waals surface area contributed by atoms with Crippen molar-refractivity contribution in [2.45, 2.75) is 25.8 Å². The molecule has 0 aliphatic rings. The fourth-order valence-corrected chi connectivity index (χ4v) is 1.87. The molecule has 1 atom stereocenters. The smallest absolute Gasteiger partial charge is 0.108 e. The van der Waals surface area contributed by atoms with E-state index in [1.165, 1.54) is 0 Å². The fraction of sp³-hybridized carbons (Fsp3) is 0.385. The lowest BCUT2D eigenvalue weighted by Gasteiger charge is -2.11. The molecule has 0 spiro atoms. The highest BCUT2D eigenvalue weighted by atomic mass is 15.0. The van der Waals surface area contributed by atoms with Gasteiger partial charge in [0.25, 0.3) is 0 Å². The molecular weight excluding hydrogens is 212 g/mol. The van der Waals surface area contributed by atoms with Gasteiger partial charge in [-0.25, -0.2) is 4.98 Å². The zero-order chi connectivity index (χ0) is 12.3. The lowest BCUT2D eigenvalue weighted by Crippen LogP contribution is -2.13. The number of nitrogens with zero attached hydrogens (tertiary/aromatic N) is 3. The van der Waals surface area contributed by atoms with Crippen molar-refractivity contribution < 1.29 is 0 Å². The topological polar surface area (TPSA) is 56.7 Å². The van der Waals surface area contributed by atoms with Crippen LogP contribution in [0.5, 0.6) is 0 Å². The molecule has 0 aliphatic carbocycles. The van der Waals surface area contributed by atoms with Gasteiger partial charge in [-0.1, -0.05) is 6.07 Å². The van der Waals surface area contributed by atoms with Crippen molar-refractivity contribution in [1.29, 1.82) is 0 Å². The Morgan fingerprint density at radius 3 is 2.88 bits per heavy atom. The standard InChI is InChI=1S/C13H18N4/c1-10-7-11(9-15-8-10)12(14)3-4-13-16-5-6-17(13)2/h5-9,12H,3-4,14H2,1-2H3. The average Bonchev–Trinajstić information content (AvgIpc) is 2.72. The van der Waals surface area contributed by atoms with Crippen molar-refractivity contribution in [2.75, 3.05) is 0 Å². The van der Waals surface area contributed by atoms with E-state index in [0.717, 1.165) is 29.8 Å². The molecule has 0 saturated heterocycles. The first kappa shape index (κ1) is 11.8. The number of hydrogen-bond acceptors (Lipinski definition) is 3. The van der Waals surface area contributed by atoms with E-state index in [9.17, 15) is 0 Å². The normalized spacial score (nSPS) is 12.6. The number of aromatic nitrogens is 3. The summed E-state index contributed by atoms with van der Waals surface area (Å²) in [5, 5.41) is 0. The van der Waals surface area contributed by atoms with Crippen LogP contribution in [0.25, 0.3) is 0 Å². The van der Waals surface area contributed by atoms with Crippen LogP contribution >= 0.6 is 0 Å². The largest absolute Gasteiger partial charge is 0.338 e. The van der Waals surface area contributed by atoms with Crippen LogP contribution in [-0.2, 0) is 13.5 Å². The van der Waals surface area contributed by atoms with Crippen LogP contribution in [0.3, 0.4) is 0 Å². The van der Waals surface area contributed by atoms with Crippen molar-refractivity contribution in [1.82, 2.24) is 14.5 Å². The summed E-state index contributed by atoms with van der Waals surface area (Å²) in [4.78, 5) is 8.46. The van der Waals surface area contributed by atoms with Crippen molar-refractivity contribution in [3.8, 4) is 0 Å². The third kappa shape index (κ3) is 2.91. The molecule has 0 radical (unpaired) electrons. The fourth-order valence-electron chi connectivity index (χ4n) is 1.87. The van der Waals surface area contributed by atoms with Gasteiger partial charge in [-0.15, -0.1) is 0 Å². The van der Waals surface area contributed by atoms with E-state index in [1.807, 2.05) is 43.3 Å². The van der Waals surface area contributed by atoms with Crippen molar-refractivity contribution in [2.24, 2.45) is 12.8 Å². The molecule has 4 heteroatoms. The van der Waals surface area contributed by atoms with Gasteiger partial charge in [-0.2, -0.15) is 0 Å². The van der Waals surface area contributed by atoms with Crippen LogP contribution in [0.4, 0.5) is 0 Å². The minimum absolute atomic E-state index is 0.0269. The lowest BCUT2D eigenvalue weighted by atomic mass is 10.0. The lowest BCUT2D eigenvalue weighted by molar-refractivity contribution is 0.618. The summed E-state index contributed by atoms with van der Waals surface area (Å²) in [7, 11) is 2.00. The highest BCUT2D eigenvalue weighted by molar-refractivity contribution is 5.19. The van der Waals surface area contributed by atoms with Crippen molar-refractivity contribution >= 4 is 0 Å². The van der Waals surface area contributed by atoms with Crippen LogP contribution in [0, 0.1) is 6.92 Å². The van der Waals surface area contributed by atoms with Gasteiger partial charge < -0.3 is 10.3 Å². The Balaban J connectivity index is 1.98. The molecule has 2 heterocycles. The molecule has 0 aromatic carbocycles. The van der Waals surface area contributed by atoms with E-state index in [2.05, 4.69) is 16.0 Å². The van der Waals surface area contributed by atoms with Gasteiger partial charge in [0.1, 0.15) is 5.82 Å². The Labute approximate surface area is 102 Å². The summed E-state index contributed by atoms with van der Waals surface area (Å²) < 4.78 is 2.03. The average molecular weight is 230 g/mol. The number of rotatable bonds is 4. The Kier molecular flexibility index (Phi) is 3.54. The summed E-state index contributed by atoms with van der Waals surface area (Å²) in [6.07, 6.45) is 9.23. The van der Waals surface area contributed by atoms with Gasteiger partial charge in [0.05, 0.1) is 0 Å². The molecule has 90 valence electrons. The number of pyridine rings is 1. The highest BCUT2D eigenvalue weighted by Gasteiger charge is 2.08. The van der Waals surface area contributed by atoms with E-state index in [-0.39, 0.29) is 6.04 Å². The second-order valence-corrected chi connectivity index (χ2v) is 4.40. The zero-order valence-corrected chi connectivity index (χ0v) is 10.3. The van der Waals surface area contributed by atoms with Crippen LogP contribution in [-0.4, -0.2) is 14.5 Å². The minimum atomic E-state index is 0.0269. The maximum atomic E-state index is 6.15. The predicted molar refractivity (Wildman–Crippen MR) is 67.4 cm³/mol. The summed E-state index contributed by atoms with van der Waals surface area (Å²) in [5.41, 5.74) is 8.40. The summed E-state index contributed by atoms with van der Waals surface area (Å²) in [6.45, 7) is 2.03. The molecule has 2 N–H and O–H groups in total. The number of nitrogens with two attached hydrogens (primary N) is 1. The maximum absolute atomic E-state index is 6.15. The molecule has 17 heavy (non-hydrogen) atoms. The van der Waals surface area contributed by atoms with Crippen LogP contribution < -0.4 is 5.73 Å². The highest BCUT2D eigenvalue weighted by Crippen LogP contribution is 2.16.